The van der Waals surface area contributed by atoms with Gasteiger partial charge in [0.05, 0.1) is 6.61 Å². The van der Waals surface area contributed by atoms with E-state index >= 15 is 0 Å². The molecule has 0 fully saturated rings. The minimum Gasteiger partial charge on any atom is -0.466 e. The molecule has 0 saturated heterocycles. The van der Waals surface area contributed by atoms with Gasteiger partial charge in [-0.1, -0.05) is 36.4 Å². The third-order valence-corrected chi connectivity index (χ3v) is 3.52. The van der Waals surface area contributed by atoms with E-state index in [0.717, 1.165) is 5.56 Å². The van der Waals surface area contributed by atoms with E-state index in [1.165, 1.54) is 16.3 Å². The summed E-state index contributed by atoms with van der Waals surface area (Å²) in [6, 6.07) is 12.2. The molecule has 2 N–H and O–H groups in total. The van der Waals surface area contributed by atoms with Crippen LogP contribution in [0.4, 0.5) is 0 Å². The first-order chi connectivity index (χ1) is 9.63. The molecule has 0 aliphatic heterocycles. The fourth-order valence-corrected chi connectivity index (χ4v) is 2.55. The van der Waals surface area contributed by atoms with Crippen LogP contribution in [0.3, 0.4) is 0 Å². The van der Waals surface area contributed by atoms with Crippen LogP contribution in [0.2, 0.25) is 0 Å². The molecule has 2 rings (SSSR count). The summed E-state index contributed by atoms with van der Waals surface area (Å²) in [5, 5.41) is 2.35. The third kappa shape index (κ3) is 3.17. The van der Waals surface area contributed by atoms with Crippen molar-refractivity contribution in [1.29, 1.82) is 0 Å². The summed E-state index contributed by atoms with van der Waals surface area (Å²) in [6.07, 6.45) is 0.964. The van der Waals surface area contributed by atoms with Crippen molar-refractivity contribution in [2.75, 3.05) is 6.61 Å². The Balaban J connectivity index is 2.23. The van der Waals surface area contributed by atoms with E-state index in [-0.39, 0.29) is 12.0 Å². The van der Waals surface area contributed by atoms with Gasteiger partial charge in [-0.2, -0.15) is 0 Å². The Kier molecular flexibility index (Phi) is 4.74. The van der Waals surface area contributed by atoms with Crippen LogP contribution in [-0.2, 0) is 9.53 Å². The second-order valence-corrected chi connectivity index (χ2v) is 4.97. The molecule has 0 radical (unpaired) electrons. The first-order valence-corrected chi connectivity index (χ1v) is 7.03. The highest BCUT2D eigenvalue weighted by molar-refractivity contribution is 5.87. The van der Waals surface area contributed by atoms with Crippen molar-refractivity contribution < 1.29 is 9.53 Å². The molecule has 0 aliphatic carbocycles. The number of ether oxygens (including phenoxy) is 1. The second kappa shape index (κ2) is 6.53. The van der Waals surface area contributed by atoms with Crippen LogP contribution in [-0.4, -0.2) is 12.6 Å². The van der Waals surface area contributed by atoms with Crippen LogP contribution in [0.25, 0.3) is 10.8 Å². The highest BCUT2D eigenvalue weighted by Crippen LogP contribution is 2.28. The van der Waals surface area contributed by atoms with Gasteiger partial charge in [-0.15, -0.1) is 0 Å². The molecule has 0 bridgehead atoms. The largest absolute Gasteiger partial charge is 0.466 e. The zero-order valence-corrected chi connectivity index (χ0v) is 12.1. The zero-order chi connectivity index (χ0) is 14.5. The summed E-state index contributed by atoms with van der Waals surface area (Å²) in [5.41, 5.74) is 8.60. The summed E-state index contributed by atoms with van der Waals surface area (Å²) in [4.78, 5) is 11.4. The van der Waals surface area contributed by atoms with E-state index in [2.05, 4.69) is 31.2 Å². The maximum Gasteiger partial charge on any atom is 0.305 e. The molecule has 0 aromatic heterocycles. The van der Waals surface area contributed by atoms with Gasteiger partial charge in [-0.3, -0.25) is 4.79 Å². The van der Waals surface area contributed by atoms with Crippen molar-refractivity contribution >= 4 is 16.7 Å². The van der Waals surface area contributed by atoms with Crippen molar-refractivity contribution in [3.8, 4) is 0 Å². The first-order valence-electron chi connectivity index (χ1n) is 7.03. The number of nitrogens with two attached hydrogens (primary N) is 1. The standard InChI is InChI=1S/C17H21NO2/c1-3-20-16(19)11-10-15(18)17-12(2)8-9-13-6-4-5-7-14(13)17/h4-9,15H,3,10-11,18H2,1-2H3. The smallest absolute Gasteiger partial charge is 0.305 e. The van der Waals surface area contributed by atoms with Gasteiger partial charge in [-0.05, 0) is 42.2 Å². The van der Waals surface area contributed by atoms with Gasteiger partial charge in [0.25, 0.3) is 0 Å². The van der Waals surface area contributed by atoms with E-state index in [1.807, 2.05) is 19.1 Å². The van der Waals surface area contributed by atoms with Crippen molar-refractivity contribution in [3.63, 3.8) is 0 Å². The lowest BCUT2D eigenvalue weighted by molar-refractivity contribution is -0.143. The monoisotopic (exact) mass is 271 g/mol. The Hall–Kier alpha value is -1.87. The van der Waals surface area contributed by atoms with Crippen LogP contribution < -0.4 is 5.73 Å². The number of carbonyl (C=O) groups excluding carboxylic acids is 1. The third-order valence-electron chi connectivity index (χ3n) is 3.52. The average Bonchev–Trinajstić information content (AvgIpc) is 2.45. The van der Waals surface area contributed by atoms with Gasteiger partial charge >= 0.3 is 5.97 Å². The van der Waals surface area contributed by atoms with Crippen LogP contribution in [0.5, 0.6) is 0 Å². The Morgan fingerprint density at radius 3 is 2.75 bits per heavy atom. The van der Waals surface area contributed by atoms with Crippen molar-refractivity contribution in [2.24, 2.45) is 5.73 Å². The molecule has 3 heteroatoms. The van der Waals surface area contributed by atoms with Gasteiger partial charge in [0.2, 0.25) is 0 Å². The lowest BCUT2D eigenvalue weighted by atomic mass is 9.92. The van der Waals surface area contributed by atoms with E-state index in [0.29, 0.717) is 19.4 Å². The van der Waals surface area contributed by atoms with Crippen LogP contribution >= 0.6 is 0 Å². The van der Waals surface area contributed by atoms with Gasteiger partial charge < -0.3 is 10.5 Å². The number of rotatable bonds is 5. The molecule has 0 aliphatic rings. The number of esters is 1. The summed E-state index contributed by atoms with van der Waals surface area (Å²) in [7, 11) is 0. The molecular weight excluding hydrogens is 250 g/mol. The van der Waals surface area contributed by atoms with Gasteiger partial charge in [-0.25, -0.2) is 0 Å². The first kappa shape index (κ1) is 14.5. The molecule has 2 aromatic rings. The van der Waals surface area contributed by atoms with Crippen LogP contribution in [0.15, 0.2) is 36.4 Å². The van der Waals surface area contributed by atoms with E-state index in [4.69, 9.17) is 10.5 Å². The number of aryl methyl sites for hydroxylation is 1. The van der Waals surface area contributed by atoms with Crippen LogP contribution in [0, 0.1) is 6.92 Å². The number of carbonyl (C=O) groups is 1. The maximum absolute atomic E-state index is 11.4. The maximum atomic E-state index is 11.4. The predicted octanol–water partition coefficient (Wildman–Crippen LogP) is 3.49. The van der Waals surface area contributed by atoms with Gasteiger partial charge in [0.15, 0.2) is 0 Å². The van der Waals surface area contributed by atoms with E-state index in [1.54, 1.807) is 0 Å². The van der Waals surface area contributed by atoms with Crippen molar-refractivity contribution in [3.05, 3.63) is 47.5 Å². The second-order valence-electron chi connectivity index (χ2n) is 4.97. The molecule has 2 aromatic carbocycles. The molecule has 106 valence electrons. The summed E-state index contributed by atoms with van der Waals surface area (Å²) >= 11 is 0. The molecule has 0 spiro atoms. The summed E-state index contributed by atoms with van der Waals surface area (Å²) < 4.78 is 4.95. The zero-order valence-electron chi connectivity index (χ0n) is 12.1. The van der Waals surface area contributed by atoms with Crippen LogP contribution in [0.1, 0.15) is 36.9 Å². The average molecular weight is 271 g/mol. The highest BCUT2D eigenvalue weighted by Gasteiger charge is 2.14. The molecule has 20 heavy (non-hydrogen) atoms. The highest BCUT2D eigenvalue weighted by atomic mass is 16.5. The van der Waals surface area contributed by atoms with E-state index < -0.39 is 0 Å². The fraction of sp³-hybridized carbons (Fsp3) is 0.353. The summed E-state index contributed by atoms with van der Waals surface area (Å²) in [6.45, 7) is 4.29. The van der Waals surface area contributed by atoms with Gasteiger partial charge in [0, 0.05) is 12.5 Å². The predicted molar refractivity (Wildman–Crippen MR) is 81.5 cm³/mol. The molecule has 0 heterocycles. The number of hydrogen-bond acceptors (Lipinski definition) is 3. The molecular formula is C17H21NO2. The fourth-order valence-electron chi connectivity index (χ4n) is 2.55. The molecule has 3 nitrogen and oxygen atoms in total. The molecule has 1 atom stereocenters. The van der Waals surface area contributed by atoms with E-state index in [9.17, 15) is 4.79 Å². The Bertz CT molecular complexity index is 607. The molecule has 0 saturated carbocycles. The van der Waals surface area contributed by atoms with Crippen molar-refractivity contribution in [1.82, 2.24) is 0 Å². The minimum absolute atomic E-state index is 0.148. The van der Waals surface area contributed by atoms with Crippen molar-refractivity contribution in [2.45, 2.75) is 32.7 Å². The Labute approximate surface area is 119 Å². The summed E-state index contributed by atoms with van der Waals surface area (Å²) in [5.74, 6) is -0.180. The topological polar surface area (TPSA) is 52.3 Å². The normalized spacial score (nSPS) is 12.3. The number of hydrogen-bond donors (Lipinski definition) is 1. The minimum atomic E-state index is -0.180. The number of benzene rings is 2. The lowest BCUT2D eigenvalue weighted by Gasteiger charge is -2.17. The number of fused-ring (bicyclic) bond motifs is 1. The Morgan fingerprint density at radius 2 is 2.00 bits per heavy atom. The molecule has 0 amide bonds. The lowest BCUT2D eigenvalue weighted by Crippen LogP contribution is -2.15. The Morgan fingerprint density at radius 1 is 1.25 bits per heavy atom. The SMILES string of the molecule is CCOC(=O)CCC(N)c1c(C)ccc2ccccc12. The van der Waals surface area contributed by atoms with Gasteiger partial charge in [0.1, 0.15) is 0 Å². The quantitative estimate of drug-likeness (QED) is 0.847. The molecule has 1 unspecified atom stereocenters.